The number of carbonyl (C=O) groups excluding carboxylic acids is 1. The van der Waals surface area contributed by atoms with Crippen LogP contribution in [0.15, 0.2) is 0 Å². The van der Waals surface area contributed by atoms with Gasteiger partial charge in [0.15, 0.2) is 5.79 Å². The van der Waals surface area contributed by atoms with Gasteiger partial charge in [-0.3, -0.25) is 0 Å². The topological polar surface area (TPSA) is 50.8 Å². The van der Waals surface area contributed by atoms with E-state index in [4.69, 9.17) is 9.47 Å². The zero-order chi connectivity index (χ0) is 15.3. The predicted molar refractivity (Wildman–Crippen MR) is 82.1 cm³/mol. The number of nitrogens with one attached hydrogen (secondary N) is 1. The quantitative estimate of drug-likeness (QED) is 0.849. The van der Waals surface area contributed by atoms with E-state index in [1.165, 1.54) is 0 Å². The van der Waals surface area contributed by atoms with E-state index in [-0.39, 0.29) is 11.9 Å². The van der Waals surface area contributed by atoms with E-state index in [0.29, 0.717) is 19.1 Å². The molecule has 1 N–H and O–H groups in total. The van der Waals surface area contributed by atoms with Crippen molar-refractivity contribution in [3.05, 3.63) is 0 Å². The molecule has 2 aliphatic heterocycles. The summed E-state index contributed by atoms with van der Waals surface area (Å²) in [6, 6.07) is 0.0631. The van der Waals surface area contributed by atoms with E-state index in [1.807, 2.05) is 11.8 Å². The minimum absolute atomic E-state index is 0.0631. The summed E-state index contributed by atoms with van der Waals surface area (Å²) >= 11 is 0. The lowest BCUT2D eigenvalue weighted by Crippen LogP contribution is -2.51. The predicted octanol–water partition coefficient (Wildman–Crippen LogP) is 2.61. The molecule has 0 aliphatic carbocycles. The monoisotopic (exact) mass is 298 g/mol. The molecular formula is C16H30N2O3. The smallest absolute Gasteiger partial charge is 0.317 e. The van der Waals surface area contributed by atoms with Gasteiger partial charge in [0.2, 0.25) is 0 Å². The summed E-state index contributed by atoms with van der Waals surface area (Å²) in [5.74, 6) is 0.343. The molecule has 21 heavy (non-hydrogen) atoms. The van der Waals surface area contributed by atoms with Crippen LogP contribution in [-0.2, 0) is 9.47 Å². The van der Waals surface area contributed by atoms with E-state index in [0.717, 1.165) is 45.3 Å². The van der Waals surface area contributed by atoms with Gasteiger partial charge in [0, 0.05) is 25.6 Å². The van der Waals surface area contributed by atoms with Crippen LogP contribution in [0.25, 0.3) is 0 Å². The van der Waals surface area contributed by atoms with Crippen molar-refractivity contribution in [3.8, 4) is 0 Å². The zero-order valence-electron chi connectivity index (χ0n) is 13.7. The minimum Gasteiger partial charge on any atom is -0.347 e. The molecule has 2 amide bonds. The Hall–Kier alpha value is -0.810. The fourth-order valence-electron chi connectivity index (χ4n) is 3.28. The molecule has 0 saturated carbocycles. The zero-order valence-corrected chi connectivity index (χ0v) is 13.7. The largest absolute Gasteiger partial charge is 0.347 e. The Balaban J connectivity index is 1.84. The van der Waals surface area contributed by atoms with Crippen molar-refractivity contribution in [3.63, 3.8) is 0 Å². The Bertz CT molecular complexity index is 338. The lowest BCUT2D eigenvalue weighted by atomic mass is 9.90. The van der Waals surface area contributed by atoms with Crippen molar-refractivity contribution in [2.24, 2.45) is 11.8 Å². The molecular weight excluding hydrogens is 268 g/mol. The van der Waals surface area contributed by atoms with Crippen LogP contribution in [0.3, 0.4) is 0 Å². The van der Waals surface area contributed by atoms with E-state index in [9.17, 15) is 4.79 Å². The van der Waals surface area contributed by atoms with Crippen molar-refractivity contribution in [2.45, 2.75) is 52.2 Å². The lowest BCUT2D eigenvalue weighted by molar-refractivity contribution is -0.189. The second kappa shape index (κ2) is 7.45. The number of rotatable bonds is 5. The number of hydrogen-bond acceptors (Lipinski definition) is 3. The molecule has 5 nitrogen and oxygen atoms in total. The normalized spacial score (nSPS) is 25.3. The van der Waals surface area contributed by atoms with E-state index < -0.39 is 5.79 Å². The number of ether oxygens (including phenoxy) is 2. The number of amides is 2. The molecule has 1 atom stereocenters. The fourth-order valence-corrected chi connectivity index (χ4v) is 3.28. The maximum Gasteiger partial charge on any atom is 0.317 e. The van der Waals surface area contributed by atoms with Crippen LogP contribution in [-0.4, -0.2) is 49.6 Å². The third-order valence-corrected chi connectivity index (χ3v) is 5.01. The molecule has 0 aromatic heterocycles. The first-order chi connectivity index (χ1) is 10.1. The van der Waals surface area contributed by atoms with Crippen molar-refractivity contribution in [1.82, 2.24) is 10.2 Å². The van der Waals surface area contributed by atoms with Gasteiger partial charge in [-0.1, -0.05) is 26.7 Å². The van der Waals surface area contributed by atoms with Crippen LogP contribution in [0.2, 0.25) is 0 Å². The highest BCUT2D eigenvalue weighted by atomic mass is 16.7. The van der Waals surface area contributed by atoms with Gasteiger partial charge in [0.25, 0.3) is 0 Å². The van der Waals surface area contributed by atoms with Crippen LogP contribution in [0.4, 0.5) is 4.79 Å². The van der Waals surface area contributed by atoms with E-state index in [2.05, 4.69) is 19.2 Å². The van der Waals surface area contributed by atoms with Crippen LogP contribution >= 0.6 is 0 Å². The second-order valence-corrected chi connectivity index (χ2v) is 6.37. The summed E-state index contributed by atoms with van der Waals surface area (Å²) in [6.45, 7) is 10.0. The Kier molecular flexibility index (Phi) is 5.88. The summed E-state index contributed by atoms with van der Waals surface area (Å²) in [6.07, 6.45) is 4.30. The number of urea groups is 1. The molecule has 0 spiro atoms. The van der Waals surface area contributed by atoms with Crippen LogP contribution in [0.1, 0.15) is 46.5 Å². The molecule has 0 unspecified atom stereocenters. The summed E-state index contributed by atoms with van der Waals surface area (Å²) in [7, 11) is 0. The van der Waals surface area contributed by atoms with Gasteiger partial charge in [0.05, 0.1) is 13.2 Å². The Morgan fingerprint density at radius 3 is 2.62 bits per heavy atom. The van der Waals surface area contributed by atoms with E-state index >= 15 is 0 Å². The van der Waals surface area contributed by atoms with Crippen molar-refractivity contribution in [2.75, 3.05) is 32.8 Å². The Morgan fingerprint density at radius 1 is 1.33 bits per heavy atom. The lowest BCUT2D eigenvalue weighted by Gasteiger charge is -2.39. The number of piperidine rings is 1. The number of hydrogen-bond donors (Lipinski definition) is 1. The highest BCUT2D eigenvalue weighted by molar-refractivity contribution is 5.74. The van der Waals surface area contributed by atoms with Crippen LogP contribution in [0.5, 0.6) is 0 Å². The van der Waals surface area contributed by atoms with Gasteiger partial charge < -0.3 is 19.7 Å². The molecule has 2 heterocycles. The third kappa shape index (κ3) is 4.10. The number of nitrogens with zero attached hydrogens (tertiary/aromatic N) is 1. The van der Waals surface area contributed by atoms with Crippen molar-refractivity contribution < 1.29 is 14.3 Å². The van der Waals surface area contributed by atoms with Gasteiger partial charge in [-0.15, -0.1) is 0 Å². The number of carbonyl (C=O) groups is 1. The van der Waals surface area contributed by atoms with Gasteiger partial charge in [-0.25, -0.2) is 4.79 Å². The van der Waals surface area contributed by atoms with Gasteiger partial charge in [0.1, 0.15) is 0 Å². The van der Waals surface area contributed by atoms with Crippen molar-refractivity contribution >= 4 is 6.03 Å². The van der Waals surface area contributed by atoms with E-state index in [1.54, 1.807) is 0 Å². The highest BCUT2D eigenvalue weighted by Crippen LogP contribution is 2.34. The molecule has 2 saturated heterocycles. The molecule has 5 heteroatoms. The first-order valence-electron chi connectivity index (χ1n) is 8.39. The van der Waals surface area contributed by atoms with Gasteiger partial charge in [-0.2, -0.15) is 0 Å². The minimum atomic E-state index is -0.506. The summed E-state index contributed by atoms with van der Waals surface area (Å²) < 4.78 is 11.5. The molecule has 0 bridgehead atoms. The average molecular weight is 298 g/mol. The molecule has 2 aliphatic rings. The Morgan fingerprint density at radius 2 is 2.00 bits per heavy atom. The maximum absolute atomic E-state index is 12.3. The standard InChI is InChI=1S/C16H30N2O3/c1-4-13(5-2)11-17-15(19)18-8-6-7-14(12-18)16(3)20-9-10-21-16/h13-14H,4-12H2,1-3H3,(H,17,19)/t14-/m1/s1. The van der Waals surface area contributed by atoms with Gasteiger partial charge in [-0.05, 0) is 25.7 Å². The molecule has 0 radical (unpaired) electrons. The van der Waals surface area contributed by atoms with Crippen LogP contribution in [0, 0.1) is 11.8 Å². The van der Waals surface area contributed by atoms with Gasteiger partial charge >= 0.3 is 6.03 Å². The third-order valence-electron chi connectivity index (χ3n) is 5.01. The molecule has 122 valence electrons. The number of likely N-dealkylation sites (tertiary alicyclic amines) is 1. The second-order valence-electron chi connectivity index (χ2n) is 6.37. The molecule has 2 fully saturated rings. The summed E-state index contributed by atoms with van der Waals surface area (Å²) in [4.78, 5) is 14.3. The molecule has 2 rings (SSSR count). The fraction of sp³-hybridized carbons (Fsp3) is 0.938. The van der Waals surface area contributed by atoms with Crippen LogP contribution < -0.4 is 5.32 Å². The highest BCUT2D eigenvalue weighted by Gasteiger charge is 2.42. The average Bonchev–Trinajstić information content (AvgIpc) is 2.96. The first kappa shape index (κ1) is 16.6. The van der Waals surface area contributed by atoms with Crippen molar-refractivity contribution in [1.29, 1.82) is 0 Å². The summed E-state index contributed by atoms with van der Waals surface area (Å²) in [5, 5.41) is 3.08. The first-order valence-corrected chi connectivity index (χ1v) is 8.39. The summed E-state index contributed by atoms with van der Waals surface area (Å²) in [5.41, 5.74) is 0. The molecule has 0 aromatic rings. The molecule has 0 aromatic carbocycles. The SMILES string of the molecule is CCC(CC)CNC(=O)N1CCC[C@@H](C2(C)OCCO2)C1. The Labute approximate surface area is 128 Å². The maximum atomic E-state index is 12.3.